The van der Waals surface area contributed by atoms with Crippen LogP contribution in [0.1, 0.15) is 24.5 Å². The molecule has 2 aromatic carbocycles. The van der Waals surface area contributed by atoms with Crippen LogP contribution in [-0.2, 0) is 0 Å². The highest BCUT2D eigenvalue weighted by Gasteiger charge is 2.01. The molecule has 0 spiro atoms. The van der Waals surface area contributed by atoms with Crippen LogP contribution in [0.25, 0.3) is 5.70 Å². The molecule has 4 heteroatoms. The normalized spacial score (nSPS) is 10.9. The highest BCUT2D eigenvalue weighted by molar-refractivity contribution is 7.80. The zero-order valence-corrected chi connectivity index (χ0v) is 13.7. The van der Waals surface area contributed by atoms with Gasteiger partial charge in [-0.1, -0.05) is 61.0 Å². The molecule has 2 aromatic rings. The smallest absolute Gasteiger partial charge is 0.189 e. The molecule has 0 atom stereocenters. The van der Waals surface area contributed by atoms with E-state index < -0.39 is 0 Å². The Bertz CT molecular complexity index is 633. The third-order valence-electron chi connectivity index (χ3n) is 3.11. The zero-order chi connectivity index (χ0) is 15.8. The molecule has 0 aliphatic heterocycles. The first kappa shape index (κ1) is 16.0. The van der Waals surface area contributed by atoms with Gasteiger partial charge in [-0.25, -0.2) is 0 Å². The van der Waals surface area contributed by atoms with Crippen molar-refractivity contribution in [2.75, 3.05) is 5.32 Å². The molecule has 114 valence electrons. The van der Waals surface area contributed by atoms with E-state index in [0.29, 0.717) is 5.11 Å². The van der Waals surface area contributed by atoms with Gasteiger partial charge in [-0.05, 0) is 43.3 Å². The highest BCUT2D eigenvalue weighted by Crippen LogP contribution is 2.11. The average molecular weight is 311 g/mol. The standard InChI is InChI=1S/C18H21N3S/c1-3-7-17(15-8-5-4-6-9-15)20-21-18(22)19-16-12-10-14(2)11-13-16/h4-13,20H,3H2,1-2H3,(H2,19,21,22). The van der Waals surface area contributed by atoms with Crippen LogP contribution in [0.2, 0.25) is 0 Å². The zero-order valence-electron chi connectivity index (χ0n) is 12.9. The average Bonchev–Trinajstić information content (AvgIpc) is 2.54. The van der Waals surface area contributed by atoms with Gasteiger partial charge >= 0.3 is 0 Å². The molecule has 3 nitrogen and oxygen atoms in total. The Balaban J connectivity index is 1.93. The second-order valence-corrected chi connectivity index (χ2v) is 5.37. The van der Waals surface area contributed by atoms with Crippen LogP contribution >= 0.6 is 12.2 Å². The van der Waals surface area contributed by atoms with Gasteiger partial charge in [0.15, 0.2) is 5.11 Å². The van der Waals surface area contributed by atoms with Crippen molar-refractivity contribution in [1.29, 1.82) is 0 Å². The number of rotatable bonds is 5. The molecule has 0 aliphatic carbocycles. The van der Waals surface area contributed by atoms with E-state index in [1.54, 1.807) is 0 Å². The third kappa shape index (κ3) is 4.90. The minimum absolute atomic E-state index is 0.529. The van der Waals surface area contributed by atoms with Crippen LogP contribution in [0, 0.1) is 6.92 Å². The molecule has 0 saturated carbocycles. The summed E-state index contributed by atoms with van der Waals surface area (Å²) in [6, 6.07) is 18.3. The molecule has 3 N–H and O–H groups in total. The molecule has 0 fully saturated rings. The quantitative estimate of drug-likeness (QED) is 0.570. The van der Waals surface area contributed by atoms with E-state index in [0.717, 1.165) is 23.4 Å². The minimum Gasteiger partial charge on any atom is -0.331 e. The van der Waals surface area contributed by atoms with Gasteiger partial charge in [0.1, 0.15) is 0 Å². The second kappa shape index (κ2) is 8.20. The number of thiocarbonyl (C=S) groups is 1. The molecular formula is C18H21N3S. The van der Waals surface area contributed by atoms with E-state index in [4.69, 9.17) is 12.2 Å². The molecular weight excluding hydrogens is 290 g/mol. The van der Waals surface area contributed by atoms with Crippen molar-refractivity contribution in [3.05, 3.63) is 71.8 Å². The maximum atomic E-state index is 5.31. The summed E-state index contributed by atoms with van der Waals surface area (Å²) < 4.78 is 0. The lowest BCUT2D eigenvalue weighted by Gasteiger charge is -2.15. The molecule has 0 radical (unpaired) electrons. The van der Waals surface area contributed by atoms with Crippen molar-refractivity contribution in [1.82, 2.24) is 10.9 Å². The van der Waals surface area contributed by atoms with Crippen LogP contribution in [0.3, 0.4) is 0 Å². The van der Waals surface area contributed by atoms with Crippen molar-refractivity contribution in [3.8, 4) is 0 Å². The Labute approximate surface area is 137 Å². The summed E-state index contributed by atoms with van der Waals surface area (Å²) in [6.45, 7) is 4.16. The summed E-state index contributed by atoms with van der Waals surface area (Å²) >= 11 is 5.31. The van der Waals surface area contributed by atoms with E-state index in [2.05, 4.69) is 48.2 Å². The topological polar surface area (TPSA) is 36.1 Å². The Morgan fingerprint density at radius 3 is 2.32 bits per heavy atom. The van der Waals surface area contributed by atoms with Crippen molar-refractivity contribution in [2.24, 2.45) is 0 Å². The van der Waals surface area contributed by atoms with E-state index in [-0.39, 0.29) is 0 Å². The van der Waals surface area contributed by atoms with Gasteiger partial charge in [0.25, 0.3) is 0 Å². The predicted octanol–water partition coefficient (Wildman–Crippen LogP) is 4.24. The lowest BCUT2D eigenvalue weighted by molar-refractivity contribution is 0.844. The van der Waals surface area contributed by atoms with E-state index in [1.165, 1.54) is 5.56 Å². The number of aryl methyl sites for hydroxylation is 1. The van der Waals surface area contributed by atoms with Crippen LogP contribution in [0.15, 0.2) is 60.7 Å². The fraction of sp³-hybridized carbons (Fsp3) is 0.167. The van der Waals surface area contributed by atoms with Gasteiger partial charge < -0.3 is 5.32 Å². The number of nitrogens with one attached hydrogen (secondary N) is 3. The Hall–Kier alpha value is -2.33. The monoisotopic (exact) mass is 311 g/mol. The molecule has 0 saturated heterocycles. The molecule has 22 heavy (non-hydrogen) atoms. The fourth-order valence-corrected chi connectivity index (χ4v) is 2.16. The number of anilines is 1. The largest absolute Gasteiger partial charge is 0.331 e. The highest BCUT2D eigenvalue weighted by atomic mass is 32.1. The Kier molecular flexibility index (Phi) is 5.98. The molecule has 0 aliphatic rings. The summed E-state index contributed by atoms with van der Waals surface area (Å²) in [5.74, 6) is 0. The first-order chi connectivity index (χ1) is 10.7. The van der Waals surface area contributed by atoms with Gasteiger partial charge in [-0.3, -0.25) is 10.9 Å². The van der Waals surface area contributed by atoms with Gasteiger partial charge in [0.05, 0.1) is 5.70 Å². The summed E-state index contributed by atoms with van der Waals surface area (Å²) in [7, 11) is 0. The third-order valence-corrected chi connectivity index (χ3v) is 3.32. The van der Waals surface area contributed by atoms with Crippen LogP contribution in [0.5, 0.6) is 0 Å². The number of hydrogen-bond acceptors (Lipinski definition) is 2. The summed E-state index contributed by atoms with van der Waals surface area (Å²) in [5, 5.41) is 3.68. The van der Waals surface area contributed by atoms with Crippen molar-refractivity contribution in [3.63, 3.8) is 0 Å². The Morgan fingerprint density at radius 1 is 1.00 bits per heavy atom. The van der Waals surface area contributed by atoms with Crippen LogP contribution in [-0.4, -0.2) is 5.11 Å². The molecule has 0 unspecified atom stereocenters. The number of benzene rings is 2. The summed E-state index contributed by atoms with van der Waals surface area (Å²) in [5.41, 5.74) is 10.5. The van der Waals surface area contributed by atoms with Crippen molar-refractivity contribution < 1.29 is 0 Å². The number of allylic oxidation sites excluding steroid dienone is 1. The molecule has 0 aromatic heterocycles. The summed E-state index contributed by atoms with van der Waals surface area (Å²) in [4.78, 5) is 0. The van der Waals surface area contributed by atoms with Gasteiger partial charge in [0.2, 0.25) is 0 Å². The Morgan fingerprint density at radius 2 is 1.68 bits per heavy atom. The minimum atomic E-state index is 0.529. The lowest BCUT2D eigenvalue weighted by atomic mass is 10.1. The van der Waals surface area contributed by atoms with Crippen molar-refractivity contribution >= 4 is 28.7 Å². The number of hydrogen-bond donors (Lipinski definition) is 3. The first-order valence-electron chi connectivity index (χ1n) is 7.34. The maximum Gasteiger partial charge on any atom is 0.189 e. The van der Waals surface area contributed by atoms with Crippen LogP contribution in [0.4, 0.5) is 5.69 Å². The van der Waals surface area contributed by atoms with E-state index >= 15 is 0 Å². The van der Waals surface area contributed by atoms with E-state index in [9.17, 15) is 0 Å². The number of hydrazine groups is 1. The van der Waals surface area contributed by atoms with Gasteiger partial charge in [-0.2, -0.15) is 0 Å². The SMILES string of the molecule is CCC=C(NNC(=S)Nc1ccc(C)cc1)c1ccccc1. The van der Waals surface area contributed by atoms with Gasteiger partial charge in [0, 0.05) is 5.69 Å². The van der Waals surface area contributed by atoms with Crippen molar-refractivity contribution in [2.45, 2.75) is 20.3 Å². The first-order valence-corrected chi connectivity index (χ1v) is 7.75. The molecule has 0 heterocycles. The van der Waals surface area contributed by atoms with Gasteiger partial charge in [-0.15, -0.1) is 0 Å². The second-order valence-electron chi connectivity index (χ2n) is 4.96. The molecule has 0 bridgehead atoms. The molecule has 0 amide bonds. The fourth-order valence-electron chi connectivity index (χ4n) is 1.99. The van der Waals surface area contributed by atoms with Crippen LogP contribution < -0.4 is 16.2 Å². The lowest BCUT2D eigenvalue weighted by Crippen LogP contribution is -2.39. The van der Waals surface area contributed by atoms with E-state index in [1.807, 2.05) is 42.5 Å². The summed E-state index contributed by atoms with van der Waals surface area (Å²) in [6.07, 6.45) is 3.06. The predicted molar refractivity (Wildman–Crippen MR) is 98.4 cm³/mol. The maximum absolute atomic E-state index is 5.31. The molecule has 2 rings (SSSR count).